The van der Waals surface area contributed by atoms with Gasteiger partial charge in [0.05, 0.1) is 22.0 Å². The molecule has 3 N–H and O–H groups in total. The van der Waals surface area contributed by atoms with Crippen LogP contribution in [0.1, 0.15) is 41.9 Å². The monoisotopic (exact) mass is 469 g/mol. The number of fused-ring (bicyclic) bond motifs is 1. The van der Waals surface area contributed by atoms with Gasteiger partial charge in [0.1, 0.15) is 0 Å². The summed E-state index contributed by atoms with van der Waals surface area (Å²) in [7, 11) is 0. The molecule has 3 heterocycles. The van der Waals surface area contributed by atoms with E-state index in [-0.39, 0.29) is 0 Å². The average Bonchev–Trinajstić information content (AvgIpc) is 3.54. The van der Waals surface area contributed by atoms with Gasteiger partial charge in [-0.15, -0.1) is 11.3 Å². The van der Waals surface area contributed by atoms with Gasteiger partial charge in [-0.2, -0.15) is 0 Å². The summed E-state index contributed by atoms with van der Waals surface area (Å²) in [5.41, 5.74) is 4.80. The van der Waals surface area contributed by atoms with Gasteiger partial charge in [-0.3, -0.25) is 15.1 Å². The minimum absolute atomic E-state index is 0.520. The van der Waals surface area contributed by atoms with Crippen LogP contribution in [0.5, 0.6) is 0 Å². The van der Waals surface area contributed by atoms with Crippen LogP contribution in [0.2, 0.25) is 5.02 Å². The molecule has 1 unspecified atom stereocenters. The lowest BCUT2D eigenvalue weighted by Gasteiger charge is -2.07. The largest absolute Gasteiger partial charge is 0.389 e. The summed E-state index contributed by atoms with van der Waals surface area (Å²) in [5.74, 6) is 0. The second kappa shape index (κ2) is 10.1. The Morgan fingerprint density at radius 3 is 2.61 bits per heavy atom. The van der Waals surface area contributed by atoms with Crippen LogP contribution in [0.25, 0.3) is 21.5 Å². The minimum atomic E-state index is -0.520. The zero-order chi connectivity index (χ0) is 21.8. The van der Waals surface area contributed by atoms with Crippen molar-refractivity contribution >= 4 is 45.1 Å². The molecule has 4 aromatic rings. The smallest absolute Gasteiger partial charge is 0.0819 e. The number of benzene rings is 1. The maximum atomic E-state index is 9.85. The molecule has 0 saturated heterocycles. The van der Waals surface area contributed by atoms with Crippen molar-refractivity contribution in [1.82, 2.24) is 9.97 Å². The number of aliphatic hydroxyl groups is 1. The van der Waals surface area contributed by atoms with Crippen molar-refractivity contribution < 1.29 is 5.11 Å². The number of thiophene rings is 1. The van der Waals surface area contributed by atoms with Crippen molar-refractivity contribution in [2.75, 3.05) is 0 Å². The van der Waals surface area contributed by atoms with Crippen LogP contribution in [0.3, 0.4) is 0 Å². The maximum Gasteiger partial charge on any atom is 0.0819 e. The van der Waals surface area contributed by atoms with Gasteiger partial charge in [0.15, 0.2) is 0 Å². The van der Waals surface area contributed by atoms with E-state index in [0.29, 0.717) is 0 Å². The number of aromatic nitrogens is 2. The summed E-state index contributed by atoms with van der Waals surface area (Å²) in [6, 6.07) is 15.8. The molecule has 0 spiro atoms. The summed E-state index contributed by atoms with van der Waals surface area (Å²) in [4.78, 5) is 10.2. The van der Waals surface area contributed by atoms with Crippen LogP contribution in [-0.4, -0.2) is 20.3 Å². The first-order chi connectivity index (χ1) is 15.0. The van der Waals surface area contributed by atoms with E-state index in [4.69, 9.17) is 16.7 Å². The van der Waals surface area contributed by atoms with Gasteiger partial charge in [-0.05, 0) is 61.2 Å². The highest BCUT2D eigenvalue weighted by Crippen LogP contribution is 2.35. The summed E-state index contributed by atoms with van der Waals surface area (Å²) in [6.45, 7) is 1.76. The van der Waals surface area contributed by atoms with Gasteiger partial charge in [0.2, 0.25) is 0 Å². The highest BCUT2D eigenvalue weighted by molar-refractivity contribution is 7.97. The Hall–Kier alpha value is -1.96. The molecule has 1 aromatic carbocycles. The average molecular weight is 470 g/mol. The molecular weight excluding hydrogens is 446 g/mol. The Balaban J connectivity index is 0.000000407. The van der Waals surface area contributed by atoms with E-state index >= 15 is 0 Å². The van der Waals surface area contributed by atoms with Crippen LogP contribution in [0, 0.1) is 0 Å². The maximum absolute atomic E-state index is 9.85. The number of hydrogen-bond acceptors (Lipinski definition) is 6. The molecule has 1 fully saturated rings. The van der Waals surface area contributed by atoms with E-state index in [1.165, 1.54) is 29.7 Å². The van der Waals surface area contributed by atoms with Crippen molar-refractivity contribution in [2.45, 2.75) is 37.5 Å². The number of nitrogens with two attached hydrogens (primary N) is 1. The van der Waals surface area contributed by atoms with Gasteiger partial charge in [-0.1, -0.05) is 41.7 Å². The standard InChI is InChI=1S/C21H17ClN2OS.C3H7NS/c1-13(25)14-6-8-23-19(11-14)17-7-9-24-20-12-16(26-21(17)20)10-15-4-2-3-5-18(15)22;4-5-3-1-2-3/h2-9,11-13,25H,10H2,1H3;3H,1-2,4H2. The number of rotatable bonds is 5. The Kier molecular flexibility index (Phi) is 7.25. The van der Waals surface area contributed by atoms with Crippen molar-refractivity contribution in [1.29, 1.82) is 0 Å². The zero-order valence-electron chi connectivity index (χ0n) is 17.2. The number of hydrogen-bond donors (Lipinski definition) is 2. The van der Waals surface area contributed by atoms with E-state index in [0.717, 1.165) is 49.3 Å². The molecule has 1 aliphatic carbocycles. The third kappa shape index (κ3) is 5.64. The first-order valence-electron chi connectivity index (χ1n) is 10.2. The second-order valence-electron chi connectivity index (χ2n) is 7.54. The Labute approximate surface area is 195 Å². The van der Waals surface area contributed by atoms with Crippen molar-refractivity contribution in [3.63, 3.8) is 0 Å². The summed E-state index contributed by atoms with van der Waals surface area (Å²) >= 11 is 9.51. The fraction of sp³-hybridized carbons (Fsp3) is 0.250. The van der Waals surface area contributed by atoms with Gasteiger partial charge >= 0.3 is 0 Å². The summed E-state index contributed by atoms with van der Waals surface area (Å²) in [6.07, 6.45) is 6.50. The number of nitrogens with zero attached hydrogens (tertiary/aromatic N) is 2. The van der Waals surface area contributed by atoms with E-state index in [1.807, 2.05) is 36.4 Å². The fourth-order valence-corrected chi connectivity index (χ4v) is 4.93. The molecule has 1 aliphatic rings. The van der Waals surface area contributed by atoms with E-state index < -0.39 is 6.10 Å². The molecule has 3 aromatic heterocycles. The Bertz CT molecular complexity index is 1170. The first kappa shape index (κ1) is 22.2. The van der Waals surface area contributed by atoms with Crippen LogP contribution in [0.15, 0.2) is 60.9 Å². The fourth-order valence-electron chi connectivity index (χ4n) is 3.16. The summed E-state index contributed by atoms with van der Waals surface area (Å²) < 4.78 is 1.10. The molecule has 0 amide bonds. The minimum Gasteiger partial charge on any atom is -0.389 e. The quantitative estimate of drug-likeness (QED) is 0.330. The SMILES string of the molecule is CC(O)c1ccnc(-c2ccnc3cc(Cc4ccccc4Cl)sc23)c1.NSC1CC1. The van der Waals surface area contributed by atoms with Crippen molar-refractivity contribution in [3.05, 3.63) is 82.0 Å². The van der Waals surface area contributed by atoms with Gasteiger partial charge in [-0.25, -0.2) is 0 Å². The topological polar surface area (TPSA) is 72.0 Å². The van der Waals surface area contributed by atoms with Gasteiger partial charge in [0.25, 0.3) is 0 Å². The molecular formula is C24H24ClN3OS2. The van der Waals surface area contributed by atoms with E-state index in [9.17, 15) is 5.11 Å². The van der Waals surface area contributed by atoms with Gasteiger partial charge < -0.3 is 5.11 Å². The molecule has 0 aliphatic heterocycles. The molecule has 0 bridgehead atoms. The van der Waals surface area contributed by atoms with Crippen LogP contribution >= 0.6 is 34.9 Å². The molecule has 1 saturated carbocycles. The Morgan fingerprint density at radius 1 is 1.16 bits per heavy atom. The number of pyridine rings is 2. The Morgan fingerprint density at radius 2 is 1.94 bits per heavy atom. The molecule has 31 heavy (non-hydrogen) atoms. The van der Waals surface area contributed by atoms with Crippen molar-refractivity contribution in [3.8, 4) is 11.3 Å². The lowest BCUT2D eigenvalue weighted by molar-refractivity contribution is 0.199. The van der Waals surface area contributed by atoms with E-state index in [1.54, 1.807) is 30.7 Å². The van der Waals surface area contributed by atoms with Crippen LogP contribution in [-0.2, 0) is 6.42 Å². The number of halogens is 1. The molecule has 5 rings (SSSR count). The summed E-state index contributed by atoms with van der Waals surface area (Å²) in [5, 5.41) is 16.6. The number of aliphatic hydroxyl groups excluding tert-OH is 1. The normalized spacial score (nSPS) is 14.2. The highest BCUT2D eigenvalue weighted by atomic mass is 35.5. The van der Waals surface area contributed by atoms with Gasteiger partial charge in [0, 0.05) is 39.5 Å². The van der Waals surface area contributed by atoms with Crippen LogP contribution in [0.4, 0.5) is 0 Å². The predicted molar refractivity (Wildman–Crippen MR) is 133 cm³/mol. The lowest BCUT2D eigenvalue weighted by atomic mass is 10.1. The first-order valence-corrected chi connectivity index (χ1v) is 12.3. The third-order valence-electron chi connectivity index (χ3n) is 5.04. The third-order valence-corrected chi connectivity index (χ3v) is 7.43. The zero-order valence-corrected chi connectivity index (χ0v) is 19.6. The highest BCUT2D eigenvalue weighted by Gasteiger charge is 2.19. The van der Waals surface area contributed by atoms with E-state index in [2.05, 4.69) is 22.1 Å². The molecule has 7 heteroatoms. The van der Waals surface area contributed by atoms with Crippen LogP contribution < -0.4 is 5.14 Å². The van der Waals surface area contributed by atoms with Crippen molar-refractivity contribution in [2.24, 2.45) is 5.14 Å². The predicted octanol–water partition coefficient (Wildman–Crippen LogP) is 6.41. The molecule has 1 atom stereocenters. The molecule has 160 valence electrons. The molecule has 4 nitrogen and oxygen atoms in total. The molecule has 0 radical (unpaired) electrons. The lowest BCUT2D eigenvalue weighted by Crippen LogP contribution is -1.93. The second-order valence-corrected chi connectivity index (χ2v) is 10.0.